The van der Waals surface area contributed by atoms with Crippen LogP contribution in [0.5, 0.6) is 0 Å². The number of para-hydroxylation sites is 1. The first-order valence-corrected chi connectivity index (χ1v) is 18.4. The summed E-state index contributed by atoms with van der Waals surface area (Å²) in [7, 11) is 0. The van der Waals surface area contributed by atoms with Crippen LogP contribution in [-0.2, 0) is 0 Å². The largest absolute Gasteiger partial charge is 0.294 e. The van der Waals surface area contributed by atoms with Crippen molar-refractivity contribution in [3.05, 3.63) is 168 Å². The van der Waals surface area contributed by atoms with Gasteiger partial charge in [0, 0.05) is 28.6 Å². The molecule has 0 amide bonds. The number of aromatic nitrogens is 4. The van der Waals surface area contributed by atoms with E-state index in [9.17, 15) is 0 Å². The maximum Gasteiger partial charge on any atom is 0.241 e. The summed E-state index contributed by atoms with van der Waals surface area (Å²) in [6.07, 6.45) is 3.84. The maximum absolute atomic E-state index is 7.75. The third kappa shape index (κ3) is 5.48. The normalized spacial score (nSPS) is 11.7. The van der Waals surface area contributed by atoms with E-state index in [1.54, 1.807) is 0 Å². The molecule has 0 bridgehead atoms. The van der Waals surface area contributed by atoms with E-state index in [0.717, 1.165) is 44.5 Å². The van der Waals surface area contributed by atoms with Crippen LogP contribution >= 0.6 is 0 Å². The van der Waals surface area contributed by atoms with Gasteiger partial charge in [0.25, 0.3) is 0 Å². The van der Waals surface area contributed by atoms with Gasteiger partial charge in [-0.2, -0.15) is 0 Å². The zero-order valence-corrected chi connectivity index (χ0v) is 30.3. The standard InChI is InChI=1S/C47H38BN5/c1-30(2)32-21-23-50-46(25-32)52-42-14-10-9-13-38(42)39-18-15-35(27-44(39)52)48(34-11-7-6-8-12-34)36-16-19-40-41-29-37(49-5)17-20-43(41)53(45(40)28-36)47-26-33(31(3)4)22-24-51-47/h6-31H,1-4H3. The van der Waals surface area contributed by atoms with Crippen LogP contribution in [0.1, 0.15) is 50.7 Å². The van der Waals surface area contributed by atoms with Crippen molar-refractivity contribution in [1.82, 2.24) is 19.1 Å². The molecule has 0 radical (unpaired) electrons. The van der Waals surface area contributed by atoms with Gasteiger partial charge in [-0.1, -0.05) is 123 Å². The van der Waals surface area contributed by atoms with Crippen LogP contribution in [0.3, 0.4) is 0 Å². The topological polar surface area (TPSA) is 40.0 Å². The fourth-order valence-corrected chi connectivity index (χ4v) is 7.99. The summed E-state index contributed by atoms with van der Waals surface area (Å²) in [4.78, 5) is 13.6. The Bertz CT molecular complexity index is 2870. The summed E-state index contributed by atoms with van der Waals surface area (Å²) in [6.45, 7) is 16.6. The average Bonchev–Trinajstić information content (AvgIpc) is 3.70. The lowest BCUT2D eigenvalue weighted by Crippen LogP contribution is -2.52. The lowest BCUT2D eigenvalue weighted by molar-refractivity contribution is 0.858. The summed E-state index contributed by atoms with van der Waals surface area (Å²) in [5.41, 5.74) is 11.1. The molecule has 254 valence electrons. The van der Waals surface area contributed by atoms with E-state index < -0.39 is 0 Å². The number of hydrogen-bond donors (Lipinski definition) is 0. The molecule has 0 unspecified atom stereocenters. The monoisotopic (exact) mass is 683 g/mol. The molecule has 0 fully saturated rings. The zero-order valence-electron chi connectivity index (χ0n) is 30.3. The molecule has 0 aliphatic rings. The molecule has 9 aromatic rings. The molecular formula is C47H38BN5. The molecule has 4 aromatic heterocycles. The Morgan fingerprint density at radius 2 is 1.02 bits per heavy atom. The van der Waals surface area contributed by atoms with Crippen LogP contribution < -0.4 is 16.4 Å². The number of rotatable bonds is 7. The van der Waals surface area contributed by atoms with Crippen molar-refractivity contribution in [2.24, 2.45) is 0 Å². The highest BCUT2D eigenvalue weighted by Crippen LogP contribution is 2.35. The van der Waals surface area contributed by atoms with Gasteiger partial charge in [0.1, 0.15) is 11.6 Å². The van der Waals surface area contributed by atoms with Gasteiger partial charge in [-0.05, 0) is 82.9 Å². The highest BCUT2D eigenvalue weighted by atomic mass is 15.1. The smallest absolute Gasteiger partial charge is 0.241 e. The van der Waals surface area contributed by atoms with Gasteiger partial charge in [0.2, 0.25) is 6.71 Å². The van der Waals surface area contributed by atoms with E-state index in [2.05, 4.69) is 163 Å². The molecule has 53 heavy (non-hydrogen) atoms. The van der Waals surface area contributed by atoms with Crippen LogP contribution in [0.15, 0.2) is 146 Å². The van der Waals surface area contributed by atoms with Gasteiger partial charge in [-0.25, -0.2) is 14.8 Å². The summed E-state index contributed by atoms with van der Waals surface area (Å²) < 4.78 is 4.59. The highest BCUT2D eigenvalue weighted by Gasteiger charge is 2.25. The van der Waals surface area contributed by atoms with Crippen LogP contribution in [0, 0.1) is 6.57 Å². The highest BCUT2D eigenvalue weighted by molar-refractivity contribution is 6.95. The van der Waals surface area contributed by atoms with Crippen LogP contribution in [0.2, 0.25) is 0 Å². The molecule has 6 heteroatoms. The third-order valence-corrected chi connectivity index (χ3v) is 10.7. The van der Waals surface area contributed by atoms with E-state index in [1.807, 2.05) is 24.5 Å². The Balaban J connectivity index is 1.31. The molecular weight excluding hydrogens is 645 g/mol. The van der Waals surface area contributed by atoms with Gasteiger partial charge in [0.15, 0.2) is 5.69 Å². The van der Waals surface area contributed by atoms with Crippen molar-refractivity contribution in [1.29, 1.82) is 0 Å². The van der Waals surface area contributed by atoms with Crippen LogP contribution in [-0.4, -0.2) is 25.8 Å². The summed E-state index contributed by atoms with van der Waals surface area (Å²) in [5, 5.41) is 4.57. The summed E-state index contributed by atoms with van der Waals surface area (Å²) in [5.74, 6) is 2.56. The minimum absolute atomic E-state index is 0.0494. The average molecular weight is 684 g/mol. The molecule has 5 aromatic carbocycles. The van der Waals surface area contributed by atoms with Crippen molar-refractivity contribution in [2.75, 3.05) is 0 Å². The second-order valence-corrected chi connectivity index (χ2v) is 14.6. The second kappa shape index (κ2) is 13.0. The first-order chi connectivity index (χ1) is 25.9. The van der Waals surface area contributed by atoms with Gasteiger partial charge in [-0.15, -0.1) is 0 Å². The van der Waals surface area contributed by atoms with E-state index in [1.165, 1.54) is 38.3 Å². The number of pyridine rings is 2. The molecule has 0 aliphatic heterocycles. The molecule has 4 heterocycles. The van der Waals surface area contributed by atoms with Crippen molar-refractivity contribution in [2.45, 2.75) is 39.5 Å². The molecule has 0 aliphatic carbocycles. The van der Waals surface area contributed by atoms with E-state index in [-0.39, 0.29) is 6.71 Å². The first kappa shape index (κ1) is 32.5. The summed E-state index contributed by atoms with van der Waals surface area (Å²) >= 11 is 0. The van der Waals surface area contributed by atoms with Crippen molar-refractivity contribution in [3.63, 3.8) is 0 Å². The van der Waals surface area contributed by atoms with Crippen LogP contribution in [0.4, 0.5) is 5.69 Å². The maximum atomic E-state index is 7.75. The quantitative estimate of drug-likeness (QED) is 0.124. The Hall–Kier alpha value is -6.45. The minimum Gasteiger partial charge on any atom is -0.294 e. The van der Waals surface area contributed by atoms with Crippen molar-refractivity contribution < 1.29 is 0 Å². The van der Waals surface area contributed by atoms with Gasteiger partial charge < -0.3 is 0 Å². The fraction of sp³-hybridized carbons (Fsp3) is 0.128. The van der Waals surface area contributed by atoms with Crippen LogP contribution in [0.25, 0.3) is 60.1 Å². The van der Waals surface area contributed by atoms with Gasteiger partial charge >= 0.3 is 0 Å². The SMILES string of the molecule is [C-]#[N+]c1ccc2c(c1)c1ccc(B(c3ccccc3)c3ccc4c5ccccc5n(-c5cc(C(C)C)ccn5)c4c3)cc1n2-c1cc(C(C)C)ccn1. The van der Waals surface area contributed by atoms with Gasteiger partial charge in [0.05, 0.1) is 28.6 Å². The fourth-order valence-electron chi connectivity index (χ4n) is 7.99. The predicted molar refractivity (Wildman–Crippen MR) is 223 cm³/mol. The Kier molecular flexibility index (Phi) is 7.93. The molecule has 0 atom stereocenters. The number of hydrogen-bond acceptors (Lipinski definition) is 2. The zero-order chi connectivity index (χ0) is 36.2. The molecule has 0 saturated carbocycles. The van der Waals surface area contributed by atoms with E-state index >= 15 is 0 Å². The van der Waals surface area contributed by atoms with Crippen molar-refractivity contribution in [3.8, 4) is 11.6 Å². The number of nitrogens with zero attached hydrogens (tertiary/aromatic N) is 5. The minimum atomic E-state index is -0.0494. The lowest BCUT2D eigenvalue weighted by Gasteiger charge is -2.18. The second-order valence-electron chi connectivity index (χ2n) is 14.6. The molecule has 0 spiro atoms. The van der Waals surface area contributed by atoms with Crippen molar-refractivity contribution >= 4 is 72.4 Å². The Morgan fingerprint density at radius 3 is 1.60 bits per heavy atom. The first-order valence-electron chi connectivity index (χ1n) is 18.4. The Labute approximate surface area is 310 Å². The number of fused-ring (bicyclic) bond motifs is 6. The van der Waals surface area contributed by atoms with E-state index in [4.69, 9.17) is 16.5 Å². The Morgan fingerprint density at radius 1 is 0.491 bits per heavy atom. The van der Waals surface area contributed by atoms with E-state index in [0.29, 0.717) is 17.5 Å². The predicted octanol–water partition coefficient (Wildman–Crippen LogP) is 9.98. The third-order valence-electron chi connectivity index (χ3n) is 10.7. The molecule has 0 saturated heterocycles. The van der Waals surface area contributed by atoms with Gasteiger partial charge in [-0.3, -0.25) is 9.13 Å². The number of benzene rings is 5. The molecule has 5 nitrogen and oxygen atoms in total. The lowest BCUT2D eigenvalue weighted by atomic mass is 9.37. The molecule has 0 N–H and O–H groups in total. The molecule has 9 rings (SSSR count). The summed E-state index contributed by atoms with van der Waals surface area (Å²) in [6, 6.07) is 47.8.